The van der Waals surface area contributed by atoms with Crippen molar-refractivity contribution < 1.29 is 19.1 Å². The van der Waals surface area contributed by atoms with Gasteiger partial charge in [-0.15, -0.1) is 0 Å². The van der Waals surface area contributed by atoms with Gasteiger partial charge in [0.1, 0.15) is 18.0 Å². The second-order valence-electron chi connectivity index (χ2n) is 5.03. The Labute approximate surface area is 146 Å². The van der Waals surface area contributed by atoms with Crippen LogP contribution in [0.3, 0.4) is 0 Å². The van der Waals surface area contributed by atoms with Crippen LogP contribution in [0.15, 0.2) is 48.5 Å². The molecule has 2 aromatic rings. The summed E-state index contributed by atoms with van der Waals surface area (Å²) in [5, 5.41) is 2.00. The summed E-state index contributed by atoms with van der Waals surface area (Å²) in [5.74, 6) is 0.982. The highest BCUT2D eigenvalue weighted by atomic mass is 35.5. The van der Waals surface area contributed by atoms with Gasteiger partial charge in [-0.25, -0.2) is 0 Å². The summed E-state index contributed by atoms with van der Waals surface area (Å²) in [6.45, 7) is 2.41. The summed E-state index contributed by atoms with van der Waals surface area (Å²) >= 11 is 6.06. The van der Waals surface area contributed by atoms with Crippen LogP contribution >= 0.6 is 11.6 Å². The van der Waals surface area contributed by atoms with E-state index in [2.05, 4.69) is 0 Å². The minimum Gasteiger partial charge on any atom is -0.465 e. The monoisotopic (exact) mass is 349 g/mol. The first-order chi connectivity index (χ1) is 11.6. The molecule has 0 amide bonds. The lowest BCUT2D eigenvalue weighted by Crippen LogP contribution is -2.27. The standard InChI is InChI=1S/C18H20ClNO4/c1-3-22-18(21)12-20(2)23-13-14-9-10-15(19)11-17(14)24-16-7-5-4-6-8-16/h4-11H,3,12-13H2,1-2H3. The van der Waals surface area contributed by atoms with Crippen molar-refractivity contribution in [2.75, 3.05) is 20.2 Å². The van der Waals surface area contributed by atoms with Crippen LogP contribution in [0.4, 0.5) is 0 Å². The Morgan fingerprint density at radius 1 is 1.17 bits per heavy atom. The quantitative estimate of drug-likeness (QED) is 0.531. The highest BCUT2D eigenvalue weighted by molar-refractivity contribution is 6.30. The number of likely N-dealkylation sites (N-methyl/N-ethyl adjacent to an activating group) is 1. The number of nitrogens with zero attached hydrogens (tertiary/aromatic N) is 1. The topological polar surface area (TPSA) is 48.0 Å². The van der Waals surface area contributed by atoms with Crippen LogP contribution in [0.2, 0.25) is 5.02 Å². The molecule has 0 aromatic heterocycles. The molecule has 0 N–H and O–H groups in total. The first kappa shape index (κ1) is 18.3. The maximum atomic E-state index is 11.4. The van der Waals surface area contributed by atoms with Crippen molar-refractivity contribution in [3.8, 4) is 11.5 Å². The largest absolute Gasteiger partial charge is 0.465 e. The molecule has 0 atom stereocenters. The molecule has 128 valence electrons. The summed E-state index contributed by atoms with van der Waals surface area (Å²) in [7, 11) is 1.67. The summed E-state index contributed by atoms with van der Waals surface area (Å²) in [5.41, 5.74) is 0.818. The summed E-state index contributed by atoms with van der Waals surface area (Å²) in [4.78, 5) is 17.0. The van der Waals surface area contributed by atoms with Gasteiger partial charge in [0.15, 0.2) is 0 Å². The van der Waals surface area contributed by atoms with E-state index in [-0.39, 0.29) is 19.1 Å². The highest BCUT2D eigenvalue weighted by Gasteiger charge is 2.11. The molecule has 5 nitrogen and oxygen atoms in total. The van der Waals surface area contributed by atoms with E-state index < -0.39 is 0 Å². The molecule has 0 saturated heterocycles. The second-order valence-corrected chi connectivity index (χ2v) is 5.47. The first-order valence-corrected chi connectivity index (χ1v) is 7.97. The van der Waals surface area contributed by atoms with Crippen molar-refractivity contribution >= 4 is 17.6 Å². The van der Waals surface area contributed by atoms with Gasteiger partial charge in [0.05, 0.1) is 13.2 Å². The van der Waals surface area contributed by atoms with Gasteiger partial charge in [-0.2, -0.15) is 5.06 Å². The number of hydrogen-bond donors (Lipinski definition) is 0. The van der Waals surface area contributed by atoms with Crippen molar-refractivity contribution in [3.63, 3.8) is 0 Å². The van der Waals surface area contributed by atoms with E-state index in [1.807, 2.05) is 36.4 Å². The Morgan fingerprint density at radius 3 is 2.62 bits per heavy atom. The van der Waals surface area contributed by atoms with Gasteiger partial charge in [-0.1, -0.05) is 35.9 Å². The van der Waals surface area contributed by atoms with Crippen molar-refractivity contribution in [1.29, 1.82) is 0 Å². The fraction of sp³-hybridized carbons (Fsp3) is 0.278. The van der Waals surface area contributed by atoms with Gasteiger partial charge in [0.25, 0.3) is 0 Å². The molecular weight excluding hydrogens is 330 g/mol. The Kier molecular flexibility index (Phi) is 7.06. The molecule has 2 aromatic carbocycles. The average molecular weight is 350 g/mol. The van der Waals surface area contributed by atoms with Crippen molar-refractivity contribution in [1.82, 2.24) is 5.06 Å². The van der Waals surface area contributed by atoms with Crippen molar-refractivity contribution in [3.05, 3.63) is 59.1 Å². The zero-order valence-corrected chi connectivity index (χ0v) is 14.5. The lowest BCUT2D eigenvalue weighted by Gasteiger charge is -2.17. The van der Waals surface area contributed by atoms with E-state index in [1.54, 1.807) is 26.1 Å². The second kappa shape index (κ2) is 9.27. The predicted molar refractivity (Wildman–Crippen MR) is 92.0 cm³/mol. The molecule has 0 aliphatic carbocycles. The van der Waals surface area contributed by atoms with Gasteiger partial charge in [0.2, 0.25) is 0 Å². The van der Waals surface area contributed by atoms with E-state index in [9.17, 15) is 4.79 Å². The maximum Gasteiger partial charge on any atom is 0.322 e. The fourth-order valence-corrected chi connectivity index (χ4v) is 2.13. The summed E-state index contributed by atoms with van der Waals surface area (Å²) < 4.78 is 10.7. The molecule has 0 saturated carbocycles. The van der Waals surface area contributed by atoms with Crippen LogP contribution in [-0.2, 0) is 21.0 Å². The van der Waals surface area contributed by atoms with E-state index >= 15 is 0 Å². The minimum absolute atomic E-state index is 0.0519. The molecular formula is C18H20ClNO4. The van der Waals surface area contributed by atoms with E-state index in [0.29, 0.717) is 23.1 Å². The number of halogens is 1. The van der Waals surface area contributed by atoms with Gasteiger partial charge in [-0.3, -0.25) is 9.63 Å². The number of rotatable bonds is 8. The SMILES string of the molecule is CCOC(=O)CN(C)OCc1ccc(Cl)cc1Oc1ccccc1. The summed E-state index contributed by atoms with van der Waals surface area (Å²) in [6.07, 6.45) is 0. The molecule has 2 rings (SSSR count). The molecule has 6 heteroatoms. The van der Waals surface area contributed by atoms with Crippen molar-refractivity contribution in [2.45, 2.75) is 13.5 Å². The lowest BCUT2D eigenvalue weighted by atomic mass is 10.2. The molecule has 24 heavy (non-hydrogen) atoms. The molecule has 0 aliphatic heterocycles. The van der Waals surface area contributed by atoms with Crippen molar-refractivity contribution in [2.24, 2.45) is 0 Å². The number of ether oxygens (including phenoxy) is 2. The molecule has 0 radical (unpaired) electrons. The number of para-hydroxylation sites is 1. The Morgan fingerprint density at radius 2 is 1.92 bits per heavy atom. The number of esters is 1. The summed E-state index contributed by atoms with van der Waals surface area (Å²) in [6, 6.07) is 14.8. The van der Waals surface area contributed by atoms with Crippen LogP contribution in [0.5, 0.6) is 11.5 Å². The zero-order valence-electron chi connectivity index (χ0n) is 13.7. The van der Waals surface area contributed by atoms with E-state index in [4.69, 9.17) is 25.9 Å². The molecule has 0 heterocycles. The molecule has 0 unspecified atom stereocenters. The van der Waals surface area contributed by atoms with Gasteiger partial charge >= 0.3 is 5.97 Å². The third-order valence-electron chi connectivity index (χ3n) is 3.10. The Hall–Kier alpha value is -2.08. The van der Waals surface area contributed by atoms with E-state index in [1.165, 1.54) is 5.06 Å². The lowest BCUT2D eigenvalue weighted by molar-refractivity contribution is -0.175. The third-order valence-corrected chi connectivity index (χ3v) is 3.33. The zero-order chi connectivity index (χ0) is 17.4. The normalized spacial score (nSPS) is 10.7. The van der Waals surface area contributed by atoms with E-state index in [0.717, 1.165) is 5.56 Å². The number of carbonyl (C=O) groups excluding carboxylic acids is 1. The molecule has 0 fully saturated rings. The number of hydrogen-bond acceptors (Lipinski definition) is 5. The highest BCUT2D eigenvalue weighted by Crippen LogP contribution is 2.29. The fourth-order valence-electron chi connectivity index (χ4n) is 1.97. The molecule has 0 bridgehead atoms. The predicted octanol–water partition coefficient (Wildman–Crippen LogP) is 4.06. The number of benzene rings is 2. The Balaban J connectivity index is 2.00. The van der Waals surface area contributed by atoms with Crippen LogP contribution in [0.25, 0.3) is 0 Å². The van der Waals surface area contributed by atoms with Gasteiger partial charge < -0.3 is 9.47 Å². The molecule has 0 spiro atoms. The van der Waals surface area contributed by atoms with Crippen LogP contribution < -0.4 is 4.74 Å². The third kappa shape index (κ3) is 5.85. The number of carbonyl (C=O) groups is 1. The van der Waals surface area contributed by atoms with Crippen LogP contribution in [0.1, 0.15) is 12.5 Å². The number of hydroxylamine groups is 2. The average Bonchev–Trinajstić information content (AvgIpc) is 2.55. The smallest absolute Gasteiger partial charge is 0.322 e. The van der Waals surface area contributed by atoms with Gasteiger partial charge in [-0.05, 0) is 31.2 Å². The minimum atomic E-state index is -0.336. The van der Waals surface area contributed by atoms with Gasteiger partial charge in [0, 0.05) is 17.6 Å². The molecule has 0 aliphatic rings. The Bertz CT molecular complexity index is 663. The first-order valence-electron chi connectivity index (χ1n) is 7.59. The van der Waals surface area contributed by atoms with Crippen LogP contribution in [-0.4, -0.2) is 31.2 Å². The maximum absolute atomic E-state index is 11.4. The van der Waals surface area contributed by atoms with Crippen LogP contribution in [0, 0.1) is 0 Å².